The first kappa shape index (κ1) is 13.8. The van der Waals surface area contributed by atoms with Crippen LogP contribution in [0.25, 0.3) is 0 Å². The number of hydrogen-bond donors (Lipinski definition) is 0. The molecule has 0 aromatic heterocycles. The second-order valence-electron chi connectivity index (χ2n) is 3.92. The number of hydrogen-bond acceptors (Lipinski definition) is 3. The molecule has 2 aromatic rings. The van der Waals surface area contributed by atoms with Gasteiger partial charge < -0.3 is 0 Å². The molecule has 0 aliphatic rings. The zero-order valence-electron chi connectivity index (χ0n) is 10.0. The van der Waals surface area contributed by atoms with E-state index < -0.39 is 5.24 Å². The van der Waals surface area contributed by atoms with Crippen molar-refractivity contribution in [2.75, 3.05) is 0 Å². The van der Waals surface area contributed by atoms with E-state index in [1.807, 2.05) is 30.3 Å². The molecule has 0 aliphatic heterocycles. The fraction of sp³-hybridized carbons (Fsp3) is 0.0667. The molecule has 0 saturated carbocycles. The molecule has 96 valence electrons. The van der Waals surface area contributed by atoms with E-state index in [1.54, 1.807) is 18.2 Å². The van der Waals surface area contributed by atoms with Crippen molar-refractivity contribution in [2.45, 2.75) is 10.6 Å². The molecular formula is C15H11ClO2S. The van der Waals surface area contributed by atoms with Crippen LogP contribution in [0.1, 0.15) is 26.3 Å². The molecule has 2 aromatic carbocycles. The first-order chi connectivity index (χ1) is 9.20. The molecule has 0 aliphatic carbocycles. The van der Waals surface area contributed by atoms with E-state index in [1.165, 1.54) is 11.8 Å². The first-order valence-corrected chi connectivity index (χ1v) is 7.03. The quantitative estimate of drug-likeness (QED) is 0.471. The largest absolute Gasteiger partial charge is 0.298 e. The van der Waals surface area contributed by atoms with Crippen molar-refractivity contribution >= 4 is 34.9 Å². The molecule has 0 atom stereocenters. The van der Waals surface area contributed by atoms with E-state index in [-0.39, 0.29) is 0 Å². The third-order valence-electron chi connectivity index (χ3n) is 2.59. The van der Waals surface area contributed by atoms with Crippen molar-refractivity contribution in [1.29, 1.82) is 0 Å². The van der Waals surface area contributed by atoms with Gasteiger partial charge in [-0.05, 0) is 29.3 Å². The van der Waals surface area contributed by atoms with Gasteiger partial charge in [-0.1, -0.05) is 36.4 Å². The van der Waals surface area contributed by atoms with Crippen LogP contribution < -0.4 is 0 Å². The maximum absolute atomic E-state index is 11.3. The van der Waals surface area contributed by atoms with Gasteiger partial charge in [0.25, 0.3) is 5.24 Å². The molecule has 0 saturated heterocycles. The number of halogens is 1. The molecule has 0 fully saturated rings. The summed E-state index contributed by atoms with van der Waals surface area (Å²) in [5.41, 5.74) is 2.13. The van der Waals surface area contributed by atoms with Crippen molar-refractivity contribution in [3.63, 3.8) is 0 Å². The van der Waals surface area contributed by atoms with Crippen LogP contribution in [0, 0.1) is 0 Å². The van der Waals surface area contributed by atoms with Gasteiger partial charge in [-0.2, -0.15) is 0 Å². The molecule has 2 rings (SSSR count). The number of rotatable bonds is 5. The smallest absolute Gasteiger partial charge is 0.253 e. The predicted octanol–water partition coefficient (Wildman–Crippen LogP) is 4.17. The van der Waals surface area contributed by atoms with Crippen molar-refractivity contribution in [1.82, 2.24) is 0 Å². The van der Waals surface area contributed by atoms with Crippen LogP contribution in [0.5, 0.6) is 0 Å². The van der Waals surface area contributed by atoms with Gasteiger partial charge >= 0.3 is 0 Å². The highest BCUT2D eigenvalue weighted by Crippen LogP contribution is 2.28. The number of carbonyl (C=O) groups excluding carboxylic acids is 2. The fourth-order valence-corrected chi connectivity index (χ4v) is 2.90. The highest BCUT2D eigenvalue weighted by atomic mass is 35.5. The summed E-state index contributed by atoms with van der Waals surface area (Å²) in [6.07, 6.45) is 0.759. The summed E-state index contributed by atoms with van der Waals surface area (Å²) in [6.45, 7) is 0. The van der Waals surface area contributed by atoms with Crippen LogP contribution in [-0.2, 0) is 5.75 Å². The topological polar surface area (TPSA) is 34.1 Å². The molecule has 0 heterocycles. The Morgan fingerprint density at radius 1 is 1.16 bits per heavy atom. The fourth-order valence-electron chi connectivity index (χ4n) is 1.63. The van der Waals surface area contributed by atoms with Gasteiger partial charge in [-0.25, -0.2) is 0 Å². The molecule has 0 spiro atoms. The summed E-state index contributed by atoms with van der Waals surface area (Å²) < 4.78 is 0. The van der Waals surface area contributed by atoms with E-state index in [2.05, 4.69) is 0 Å². The van der Waals surface area contributed by atoms with Gasteiger partial charge in [-0.3, -0.25) is 9.59 Å². The summed E-state index contributed by atoms with van der Waals surface area (Å²) in [5.74, 6) is 0.723. The summed E-state index contributed by atoms with van der Waals surface area (Å²) >= 11 is 7.04. The van der Waals surface area contributed by atoms with Crippen LogP contribution in [-0.4, -0.2) is 11.5 Å². The summed E-state index contributed by atoms with van der Waals surface area (Å²) in [7, 11) is 0. The van der Waals surface area contributed by atoms with Gasteiger partial charge in [0.05, 0.1) is 0 Å². The van der Waals surface area contributed by atoms with Crippen molar-refractivity contribution in [2.24, 2.45) is 0 Å². The highest BCUT2D eigenvalue weighted by molar-refractivity contribution is 7.98. The highest BCUT2D eigenvalue weighted by Gasteiger charge is 2.10. The van der Waals surface area contributed by atoms with Gasteiger partial charge in [-0.15, -0.1) is 11.8 Å². The molecular weight excluding hydrogens is 280 g/mol. The minimum atomic E-state index is -0.506. The zero-order chi connectivity index (χ0) is 13.7. The molecule has 4 heteroatoms. The second-order valence-corrected chi connectivity index (χ2v) is 5.28. The number of benzene rings is 2. The first-order valence-electron chi connectivity index (χ1n) is 5.66. The molecule has 0 amide bonds. The van der Waals surface area contributed by atoms with Crippen molar-refractivity contribution < 1.29 is 9.59 Å². The molecule has 19 heavy (non-hydrogen) atoms. The lowest BCUT2D eigenvalue weighted by Gasteiger charge is -2.07. The minimum Gasteiger partial charge on any atom is -0.298 e. The molecule has 0 unspecified atom stereocenters. The minimum absolute atomic E-state index is 0.438. The van der Waals surface area contributed by atoms with E-state index >= 15 is 0 Å². The number of carbonyl (C=O) groups is 2. The lowest BCUT2D eigenvalue weighted by atomic mass is 10.2. The Morgan fingerprint density at radius 2 is 1.89 bits per heavy atom. The average molecular weight is 291 g/mol. The van der Waals surface area contributed by atoms with Crippen LogP contribution >= 0.6 is 23.4 Å². The summed E-state index contributed by atoms with van der Waals surface area (Å²) in [4.78, 5) is 22.9. The van der Waals surface area contributed by atoms with E-state index in [4.69, 9.17) is 11.6 Å². The Bertz CT molecular complexity index is 596. The van der Waals surface area contributed by atoms with E-state index in [0.717, 1.165) is 22.5 Å². The van der Waals surface area contributed by atoms with E-state index in [0.29, 0.717) is 11.1 Å². The third kappa shape index (κ3) is 3.69. The maximum atomic E-state index is 11.3. The Morgan fingerprint density at radius 3 is 2.53 bits per heavy atom. The predicted molar refractivity (Wildman–Crippen MR) is 78.0 cm³/mol. The second kappa shape index (κ2) is 6.55. The lowest BCUT2D eigenvalue weighted by Crippen LogP contribution is -1.94. The molecule has 0 N–H and O–H groups in total. The third-order valence-corrected chi connectivity index (χ3v) is 3.92. The monoisotopic (exact) mass is 290 g/mol. The van der Waals surface area contributed by atoms with Gasteiger partial charge in [0.15, 0.2) is 0 Å². The van der Waals surface area contributed by atoms with Crippen molar-refractivity contribution in [3.05, 3.63) is 65.2 Å². The zero-order valence-corrected chi connectivity index (χ0v) is 11.6. The maximum Gasteiger partial charge on any atom is 0.253 e. The lowest BCUT2D eigenvalue weighted by molar-refractivity contribution is 0.107. The Hall–Kier alpha value is -1.58. The molecule has 2 nitrogen and oxygen atoms in total. The van der Waals surface area contributed by atoms with Crippen molar-refractivity contribution in [3.8, 4) is 0 Å². The van der Waals surface area contributed by atoms with Gasteiger partial charge in [0.1, 0.15) is 6.29 Å². The number of thioether (sulfide) groups is 1. The normalized spacial score (nSPS) is 10.2. The number of aldehydes is 1. The summed E-state index contributed by atoms with van der Waals surface area (Å²) in [6, 6.07) is 14.8. The Kier molecular flexibility index (Phi) is 4.77. The van der Waals surface area contributed by atoms with Gasteiger partial charge in [0, 0.05) is 21.8 Å². The van der Waals surface area contributed by atoms with Crippen LogP contribution in [0.2, 0.25) is 0 Å². The molecule has 0 bridgehead atoms. The Balaban J connectivity index is 2.22. The SMILES string of the molecule is O=Cc1ccc(C(=O)Cl)c(SCc2ccccc2)c1. The van der Waals surface area contributed by atoms with Crippen LogP contribution in [0.4, 0.5) is 0 Å². The Labute approximate surface area is 120 Å². The average Bonchev–Trinajstić information content (AvgIpc) is 2.45. The summed E-state index contributed by atoms with van der Waals surface area (Å²) in [5, 5.41) is -0.506. The van der Waals surface area contributed by atoms with Crippen LogP contribution in [0.3, 0.4) is 0 Å². The molecule has 0 radical (unpaired) electrons. The standard InChI is InChI=1S/C15H11ClO2S/c16-15(18)13-7-6-12(9-17)8-14(13)19-10-11-4-2-1-3-5-11/h1-9H,10H2. The van der Waals surface area contributed by atoms with Gasteiger partial charge in [0.2, 0.25) is 0 Å². The van der Waals surface area contributed by atoms with Crippen LogP contribution in [0.15, 0.2) is 53.4 Å². The van der Waals surface area contributed by atoms with E-state index in [9.17, 15) is 9.59 Å².